The van der Waals surface area contributed by atoms with E-state index >= 15 is 0 Å². The largest absolute Gasteiger partial charge is 0.478 e. The Labute approximate surface area is 120 Å². The minimum absolute atomic E-state index is 0.164. The Morgan fingerprint density at radius 2 is 1.95 bits per heavy atom. The summed E-state index contributed by atoms with van der Waals surface area (Å²) in [6.07, 6.45) is 0. The van der Waals surface area contributed by atoms with Crippen LogP contribution >= 0.6 is 0 Å². The first-order valence-electron chi connectivity index (χ1n) is 6.46. The Morgan fingerprint density at radius 3 is 2.67 bits per heavy atom. The quantitative estimate of drug-likeness (QED) is 0.783. The van der Waals surface area contributed by atoms with Crippen LogP contribution in [0.15, 0.2) is 36.4 Å². The predicted octanol–water partition coefficient (Wildman–Crippen LogP) is 3.48. The van der Waals surface area contributed by atoms with E-state index in [-0.39, 0.29) is 11.4 Å². The van der Waals surface area contributed by atoms with Crippen molar-refractivity contribution in [2.24, 2.45) is 0 Å². The number of aromatic nitrogens is 2. The summed E-state index contributed by atoms with van der Waals surface area (Å²) in [5, 5.41) is 9.02. The smallest absolute Gasteiger partial charge is 0.335 e. The van der Waals surface area contributed by atoms with Gasteiger partial charge in [0, 0.05) is 0 Å². The van der Waals surface area contributed by atoms with Crippen molar-refractivity contribution in [3.8, 4) is 5.69 Å². The molecule has 3 rings (SSSR count). The molecule has 106 valence electrons. The van der Waals surface area contributed by atoms with Gasteiger partial charge in [0.15, 0.2) is 0 Å². The number of benzene rings is 2. The molecule has 0 saturated carbocycles. The first-order chi connectivity index (χ1) is 9.97. The van der Waals surface area contributed by atoms with Gasteiger partial charge in [0.25, 0.3) is 0 Å². The van der Waals surface area contributed by atoms with Gasteiger partial charge in [-0.25, -0.2) is 14.2 Å². The Bertz CT molecular complexity index is 868. The lowest BCUT2D eigenvalue weighted by atomic mass is 10.2. The molecule has 0 saturated heterocycles. The number of carbonyl (C=O) groups is 1. The highest BCUT2D eigenvalue weighted by Crippen LogP contribution is 2.24. The van der Waals surface area contributed by atoms with E-state index in [1.165, 1.54) is 18.2 Å². The number of rotatable bonds is 2. The number of hydrogen-bond acceptors (Lipinski definition) is 2. The summed E-state index contributed by atoms with van der Waals surface area (Å²) in [5.41, 5.74) is 2.74. The molecule has 0 aliphatic carbocycles. The van der Waals surface area contributed by atoms with Gasteiger partial charge in [-0.2, -0.15) is 0 Å². The Balaban J connectivity index is 2.30. The zero-order valence-electron chi connectivity index (χ0n) is 11.6. The molecule has 0 atom stereocenters. The third kappa shape index (κ3) is 2.16. The number of fused-ring (bicyclic) bond motifs is 1. The molecule has 0 aliphatic heterocycles. The molecule has 0 aliphatic rings. The summed E-state index contributed by atoms with van der Waals surface area (Å²) in [5.74, 6) is -0.742. The molecule has 4 nitrogen and oxygen atoms in total. The van der Waals surface area contributed by atoms with Crippen LogP contribution in [-0.2, 0) is 0 Å². The maximum absolute atomic E-state index is 14.1. The molecular formula is C16H13FN2O2. The second-order valence-electron chi connectivity index (χ2n) is 4.96. The maximum atomic E-state index is 14.1. The Morgan fingerprint density at radius 1 is 1.19 bits per heavy atom. The van der Waals surface area contributed by atoms with Crippen LogP contribution in [0, 0.1) is 19.7 Å². The number of nitrogens with zero attached hydrogens (tertiary/aromatic N) is 2. The lowest BCUT2D eigenvalue weighted by molar-refractivity contribution is 0.0697. The fourth-order valence-corrected chi connectivity index (χ4v) is 2.43. The molecule has 0 fully saturated rings. The number of hydrogen-bond donors (Lipinski definition) is 1. The van der Waals surface area contributed by atoms with Gasteiger partial charge in [0.1, 0.15) is 11.6 Å². The molecular weight excluding hydrogens is 271 g/mol. The van der Waals surface area contributed by atoms with Crippen LogP contribution in [0.5, 0.6) is 0 Å². The zero-order valence-corrected chi connectivity index (χ0v) is 11.6. The fraction of sp³-hybridized carbons (Fsp3) is 0.125. The van der Waals surface area contributed by atoms with E-state index in [0.29, 0.717) is 22.5 Å². The number of aryl methyl sites for hydroxylation is 2. The minimum Gasteiger partial charge on any atom is -0.478 e. The fourth-order valence-electron chi connectivity index (χ4n) is 2.43. The van der Waals surface area contributed by atoms with E-state index in [4.69, 9.17) is 5.11 Å². The van der Waals surface area contributed by atoms with E-state index in [2.05, 4.69) is 4.98 Å². The maximum Gasteiger partial charge on any atom is 0.335 e. The van der Waals surface area contributed by atoms with Crippen molar-refractivity contribution in [2.45, 2.75) is 13.8 Å². The van der Waals surface area contributed by atoms with Crippen LogP contribution in [0.2, 0.25) is 0 Å². The molecule has 0 spiro atoms. The van der Waals surface area contributed by atoms with Gasteiger partial charge < -0.3 is 5.11 Å². The molecule has 21 heavy (non-hydrogen) atoms. The molecule has 0 radical (unpaired) electrons. The molecule has 1 aromatic heterocycles. The van der Waals surface area contributed by atoms with Crippen LogP contribution < -0.4 is 0 Å². The Kier molecular flexibility index (Phi) is 2.97. The van der Waals surface area contributed by atoms with E-state index < -0.39 is 5.97 Å². The first-order valence-corrected chi connectivity index (χ1v) is 6.46. The molecule has 0 bridgehead atoms. The number of carboxylic acids is 1. The standard InChI is InChI=1S/C16H13FN2O2/c1-9-3-5-12(17)15(7-9)19-10(2)18-13-8-11(16(20)21)4-6-14(13)19/h3-8H,1-2H3,(H,20,21). The number of aromatic carboxylic acids is 1. The van der Waals surface area contributed by atoms with E-state index in [1.54, 1.807) is 29.7 Å². The molecule has 5 heteroatoms. The van der Waals surface area contributed by atoms with Gasteiger partial charge in [0.2, 0.25) is 0 Å². The van der Waals surface area contributed by atoms with E-state index in [0.717, 1.165) is 5.56 Å². The highest BCUT2D eigenvalue weighted by atomic mass is 19.1. The second-order valence-corrected chi connectivity index (χ2v) is 4.96. The Hall–Kier alpha value is -2.69. The highest BCUT2D eigenvalue weighted by molar-refractivity contribution is 5.92. The molecule has 2 aromatic carbocycles. The summed E-state index contributed by atoms with van der Waals surface area (Å²) in [6, 6.07) is 9.51. The SMILES string of the molecule is Cc1ccc(F)c(-n2c(C)nc3cc(C(=O)O)ccc32)c1. The van der Waals surface area contributed by atoms with E-state index in [1.807, 2.05) is 6.92 Å². The summed E-state index contributed by atoms with van der Waals surface area (Å²) in [7, 11) is 0. The minimum atomic E-state index is -1.01. The van der Waals surface area contributed by atoms with Crippen LogP contribution in [0.1, 0.15) is 21.7 Å². The predicted molar refractivity (Wildman–Crippen MR) is 77.5 cm³/mol. The summed E-state index contributed by atoms with van der Waals surface area (Å²) in [6.45, 7) is 3.65. The normalized spacial score (nSPS) is 11.0. The lowest BCUT2D eigenvalue weighted by Crippen LogP contribution is -2.01. The van der Waals surface area contributed by atoms with Gasteiger partial charge in [-0.3, -0.25) is 4.57 Å². The van der Waals surface area contributed by atoms with Gasteiger partial charge in [-0.15, -0.1) is 0 Å². The highest BCUT2D eigenvalue weighted by Gasteiger charge is 2.14. The molecule has 3 aromatic rings. The molecule has 0 unspecified atom stereocenters. The van der Waals surface area contributed by atoms with Crippen molar-refractivity contribution in [3.05, 3.63) is 59.2 Å². The molecule has 0 amide bonds. The number of imidazole rings is 1. The van der Waals surface area contributed by atoms with Gasteiger partial charge in [-0.1, -0.05) is 6.07 Å². The topological polar surface area (TPSA) is 55.1 Å². The summed E-state index contributed by atoms with van der Waals surface area (Å²) < 4.78 is 15.8. The summed E-state index contributed by atoms with van der Waals surface area (Å²) in [4.78, 5) is 15.3. The van der Waals surface area contributed by atoms with Crippen LogP contribution in [0.4, 0.5) is 4.39 Å². The van der Waals surface area contributed by atoms with Crippen molar-refractivity contribution in [1.82, 2.24) is 9.55 Å². The molecule has 1 N–H and O–H groups in total. The number of carboxylic acid groups (broad SMARTS) is 1. The average Bonchev–Trinajstić information content (AvgIpc) is 2.76. The van der Waals surface area contributed by atoms with Gasteiger partial charge >= 0.3 is 5.97 Å². The third-order valence-corrected chi connectivity index (χ3v) is 3.41. The third-order valence-electron chi connectivity index (χ3n) is 3.41. The van der Waals surface area contributed by atoms with Crippen molar-refractivity contribution >= 4 is 17.0 Å². The van der Waals surface area contributed by atoms with Crippen LogP contribution in [0.25, 0.3) is 16.7 Å². The van der Waals surface area contributed by atoms with Crippen LogP contribution in [0.3, 0.4) is 0 Å². The van der Waals surface area contributed by atoms with E-state index in [9.17, 15) is 9.18 Å². The average molecular weight is 284 g/mol. The monoisotopic (exact) mass is 284 g/mol. The second kappa shape index (κ2) is 4.70. The first kappa shape index (κ1) is 13.3. The zero-order chi connectivity index (χ0) is 15.1. The van der Waals surface area contributed by atoms with Gasteiger partial charge in [0.05, 0.1) is 22.3 Å². The van der Waals surface area contributed by atoms with Crippen molar-refractivity contribution in [3.63, 3.8) is 0 Å². The van der Waals surface area contributed by atoms with Crippen molar-refractivity contribution < 1.29 is 14.3 Å². The van der Waals surface area contributed by atoms with Crippen LogP contribution in [-0.4, -0.2) is 20.6 Å². The molecule has 1 heterocycles. The van der Waals surface area contributed by atoms with Gasteiger partial charge in [-0.05, 0) is 49.7 Å². The van der Waals surface area contributed by atoms with Crippen molar-refractivity contribution in [2.75, 3.05) is 0 Å². The van der Waals surface area contributed by atoms with Crippen molar-refractivity contribution in [1.29, 1.82) is 0 Å². The number of halogens is 1. The summed E-state index contributed by atoms with van der Waals surface area (Å²) >= 11 is 0. The lowest BCUT2D eigenvalue weighted by Gasteiger charge is -2.09.